The van der Waals surface area contributed by atoms with Gasteiger partial charge >= 0.3 is 0 Å². The van der Waals surface area contributed by atoms with Crippen LogP contribution in [0.4, 0.5) is 11.4 Å². The Kier molecular flexibility index (Phi) is 3.28. The monoisotopic (exact) mass is 254 g/mol. The zero-order valence-corrected chi connectivity index (χ0v) is 9.76. The number of hydrogen-bond donors (Lipinski definition) is 0. The summed E-state index contributed by atoms with van der Waals surface area (Å²) in [6, 6.07) is 6.16. The lowest BCUT2D eigenvalue weighted by Gasteiger charge is -2.21. The molecule has 0 aromatic heterocycles. The first-order chi connectivity index (χ1) is 8.13. The van der Waals surface area contributed by atoms with E-state index in [1.807, 2.05) is 0 Å². The lowest BCUT2D eigenvalue weighted by Crippen LogP contribution is -2.33. The van der Waals surface area contributed by atoms with Crippen molar-refractivity contribution in [2.75, 3.05) is 10.8 Å². The predicted octanol–water partition coefficient (Wildman–Crippen LogP) is 2.33. The summed E-state index contributed by atoms with van der Waals surface area (Å²) in [5.41, 5.74) is 0.687. The van der Waals surface area contributed by atoms with Gasteiger partial charge in [-0.1, -0.05) is 0 Å². The second kappa shape index (κ2) is 4.71. The SMILES string of the molecule is O=C(CCl)N(c1ccc([N+](=O)[O-])cc1)C1CC1. The van der Waals surface area contributed by atoms with Gasteiger partial charge in [0.1, 0.15) is 5.88 Å². The fourth-order valence-corrected chi connectivity index (χ4v) is 1.82. The average molecular weight is 255 g/mol. The van der Waals surface area contributed by atoms with Crippen molar-refractivity contribution < 1.29 is 9.72 Å². The molecule has 0 bridgehead atoms. The fraction of sp³-hybridized carbons (Fsp3) is 0.364. The Labute approximate surface area is 103 Å². The predicted molar refractivity (Wildman–Crippen MR) is 64.3 cm³/mol. The Morgan fingerprint density at radius 3 is 2.41 bits per heavy atom. The van der Waals surface area contributed by atoms with Gasteiger partial charge in [0.05, 0.1) is 4.92 Å². The van der Waals surface area contributed by atoms with Gasteiger partial charge in [-0.2, -0.15) is 0 Å². The second-order valence-corrected chi connectivity index (χ2v) is 4.17. The average Bonchev–Trinajstić information content (AvgIpc) is 3.14. The molecule has 17 heavy (non-hydrogen) atoms. The number of carbonyl (C=O) groups is 1. The van der Waals surface area contributed by atoms with Crippen LogP contribution in [-0.2, 0) is 4.79 Å². The molecule has 1 aliphatic rings. The van der Waals surface area contributed by atoms with Gasteiger partial charge in [0, 0.05) is 23.9 Å². The van der Waals surface area contributed by atoms with Crippen LogP contribution < -0.4 is 4.90 Å². The minimum atomic E-state index is -0.464. The number of halogens is 1. The Balaban J connectivity index is 2.24. The van der Waals surface area contributed by atoms with E-state index in [1.165, 1.54) is 12.1 Å². The van der Waals surface area contributed by atoms with Crippen LogP contribution in [0.2, 0.25) is 0 Å². The molecule has 0 N–H and O–H groups in total. The van der Waals surface area contributed by atoms with E-state index in [9.17, 15) is 14.9 Å². The van der Waals surface area contributed by atoms with Crippen molar-refractivity contribution in [3.63, 3.8) is 0 Å². The van der Waals surface area contributed by atoms with Gasteiger partial charge in [0.15, 0.2) is 0 Å². The summed E-state index contributed by atoms with van der Waals surface area (Å²) in [4.78, 5) is 23.4. The van der Waals surface area contributed by atoms with Gasteiger partial charge in [-0.15, -0.1) is 11.6 Å². The number of non-ortho nitro benzene ring substituents is 1. The number of amides is 1. The molecule has 1 amide bonds. The van der Waals surface area contributed by atoms with Crippen molar-refractivity contribution in [1.29, 1.82) is 0 Å². The molecule has 0 aliphatic heterocycles. The van der Waals surface area contributed by atoms with Crippen LogP contribution in [0.15, 0.2) is 24.3 Å². The van der Waals surface area contributed by atoms with E-state index in [2.05, 4.69) is 0 Å². The highest BCUT2D eigenvalue weighted by atomic mass is 35.5. The summed E-state index contributed by atoms with van der Waals surface area (Å²) in [6.45, 7) is 0. The van der Waals surface area contributed by atoms with Gasteiger partial charge in [-0.05, 0) is 25.0 Å². The number of benzene rings is 1. The summed E-state index contributed by atoms with van der Waals surface area (Å²) in [6.07, 6.45) is 1.92. The molecule has 90 valence electrons. The maximum atomic E-state index is 11.7. The molecule has 0 unspecified atom stereocenters. The van der Waals surface area contributed by atoms with Gasteiger partial charge in [-0.3, -0.25) is 14.9 Å². The van der Waals surface area contributed by atoms with Crippen molar-refractivity contribution in [3.8, 4) is 0 Å². The number of rotatable bonds is 4. The van der Waals surface area contributed by atoms with E-state index in [-0.39, 0.29) is 23.5 Å². The zero-order chi connectivity index (χ0) is 12.4. The lowest BCUT2D eigenvalue weighted by molar-refractivity contribution is -0.384. The van der Waals surface area contributed by atoms with Crippen molar-refractivity contribution in [2.24, 2.45) is 0 Å². The number of alkyl halides is 1. The highest BCUT2D eigenvalue weighted by molar-refractivity contribution is 6.29. The van der Waals surface area contributed by atoms with Gasteiger partial charge in [-0.25, -0.2) is 0 Å². The van der Waals surface area contributed by atoms with Crippen LogP contribution in [-0.4, -0.2) is 22.8 Å². The first-order valence-corrected chi connectivity index (χ1v) is 5.79. The molecule has 0 radical (unpaired) electrons. The Bertz CT molecular complexity index is 443. The normalized spacial score (nSPS) is 14.4. The van der Waals surface area contributed by atoms with Crippen molar-refractivity contribution in [1.82, 2.24) is 0 Å². The quantitative estimate of drug-likeness (QED) is 0.471. The molecule has 0 saturated heterocycles. The highest BCUT2D eigenvalue weighted by Crippen LogP contribution is 2.32. The number of hydrogen-bond acceptors (Lipinski definition) is 3. The number of nitrogens with zero attached hydrogens (tertiary/aromatic N) is 2. The van der Waals surface area contributed by atoms with Crippen LogP contribution in [0.3, 0.4) is 0 Å². The van der Waals surface area contributed by atoms with E-state index in [0.29, 0.717) is 5.69 Å². The third-order valence-corrected chi connectivity index (χ3v) is 2.86. The first-order valence-electron chi connectivity index (χ1n) is 5.26. The number of anilines is 1. The van der Waals surface area contributed by atoms with Gasteiger partial charge in [0.25, 0.3) is 5.69 Å². The zero-order valence-electron chi connectivity index (χ0n) is 9.01. The number of nitro groups is 1. The lowest BCUT2D eigenvalue weighted by atomic mass is 10.2. The molecule has 0 heterocycles. The Morgan fingerprint density at radius 1 is 1.41 bits per heavy atom. The summed E-state index contributed by atoms with van der Waals surface area (Å²) in [5.74, 6) is -0.240. The molecule has 1 aromatic rings. The molecule has 5 nitrogen and oxygen atoms in total. The van der Waals surface area contributed by atoms with E-state index in [1.54, 1.807) is 17.0 Å². The minimum absolute atomic E-state index is 0.0165. The van der Waals surface area contributed by atoms with Gasteiger partial charge < -0.3 is 4.90 Å². The first kappa shape index (κ1) is 11.9. The van der Waals surface area contributed by atoms with E-state index < -0.39 is 4.92 Å². The van der Waals surface area contributed by atoms with E-state index >= 15 is 0 Å². The van der Waals surface area contributed by atoms with E-state index in [0.717, 1.165) is 12.8 Å². The van der Waals surface area contributed by atoms with Crippen molar-refractivity contribution >= 4 is 28.9 Å². The molecule has 0 spiro atoms. The van der Waals surface area contributed by atoms with E-state index in [4.69, 9.17) is 11.6 Å². The fourth-order valence-electron chi connectivity index (χ4n) is 1.69. The third-order valence-electron chi connectivity index (χ3n) is 2.63. The maximum absolute atomic E-state index is 11.7. The highest BCUT2D eigenvalue weighted by Gasteiger charge is 2.33. The van der Waals surface area contributed by atoms with Crippen LogP contribution in [0.25, 0.3) is 0 Å². The molecular weight excluding hydrogens is 244 g/mol. The standard InChI is InChI=1S/C11H11ClN2O3/c12-7-11(15)13(8-1-2-8)9-3-5-10(6-4-9)14(16)17/h3-6,8H,1-2,7H2. The molecule has 0 atom stereocenters. The number of nitro benzene ring substituents is 1. The largest absolute Gasteiger partial charge is 0.308 e. The molecule has 6 heteroatoms. The van der Waals surface area contributed by atoms with Crippen molar-refractivity contribution in [3.05, 3.63) is 34.4 Å². The second-order valence-electron chi connectivity index (χ2n) is 3.90. The summed E-state index contributed by atoms with van der Waals surface area (Å²) < 4.78 is 0. The molecule has 2 rings (SSSR count). The maximum Gasteiger partial charge on any atom is 0.269 e. The summed E-state index contributed by atoms with van der Waals surface area (Å²) in [5, 5.41) is 10.5. The minimum Gasteiger partial charge on any atom is -0.308 e. The Hall–Kier alpha value is -1.62. The molecule has 1 fully saturated rings. The van der Waals surface area contributed by atoms with Crippen LogP contribution in [0.5, 0.6) is 0 Å². The molecular formula is C11H11ClN2O3. The molecule has 1 aromatic carbocycles. The topological polar surface area (TPSA) is 63.5 Å². The summed E-state index contributed by atoms with van der Waals surface area (Å²) in [7, 11) is 0. The molecule has 1 aliphatic carbocycles. The van der Waals surface area contributed by atoms with Gasteiger partial charge in [0.2, 0.25) is 5.91 Å². The van der Waals surface area contributed by atoms with Crippen LogP contribution in [0, 0.1) is 10.1 Å². The van der Waals surface area contributed by atoms with Crippen LogP contribution >= 0.6 is 11.6 Å². The molecule has 1 saturated carbocycles. The summed E-state index contributed by atoms with van der Waals surface area (Å²) >= 11 is 5.55. The van der Waals surface area contributed by atoms with Crippen molar-refractivity contribution in [2.45, 2.75) is 18.9 Å². The third kappa shape index (κ3) is 2.55. The smallest absolute Gasteiger partial charge is 0.269 e. The Morgan fingerprint density at radius 2 is 2.00 bits per heavy atom. The van der Waals surface area contributed by atoms with Crippen LogP contribution in [0.1, 0.15) is 12.8 Å². The number of carbonyl (C=O) groups excluding carboxylic acids is 1.